The largest absolute Gasteiger partial charge is 0.318 e. The molecule has 0 amide bonds. The van der Waals surface area contributed by atoms with Crippen LogP contribution >= 0.6 is 0 Å². The van der Waals surface area contributed by atoms with Crippen LogP contribution in [0.3, 0.4) is 0 Å². The number of piperidine rings is 1. The van der Waals surface area contributed by atoms with Crippen LogP contribution in [0.1, 0.15) is 40.5 Å². The molecule has 15 heavy (non-hydrogen) atoms. The standard InChI is InChI=1S/C13H28N2/c1-11(10-14-5)15-8-6-12(7-9-15)13(2,3)4/h11-12,14H,6-10H2,1-5H3. The summed E-state index contributed by atoms with van der Waals surface area (Å²) in [5.74, 6) is 0.913. The number of rotatable bonds is 3. The minimum absolute atomic E-state index is 0.498. The summed E-state index contributed by atoms with van der Waals surface area (Å²) >= 11 is 0. The Balaban J connectivity index is 2.36. The van der Waals surface area contributed by atoms with Gasteiger partial charge in [0.05, 0.1) is 0 Å². The minimum atomic E-state index is 0.498. The molecule has 1 N–H and O–H groups in total. The first-order valence-corrected chi connectivity index (χ1v) is 6.33. The van der Waals surface area contributed by atoms with Crippen molar-refractivity contribution >= 4 is 0 Å². The second-order valence-corrected chi connectivity index (χ2v) is 6.08. The SMILES string of the molecule is CNCC(C)N1CCC(C(C)(C)C)CC1. The zero-order valence-electron chi connectivity index (χ0n) is 11.1. The molecule has 1 aliphatic heterocycles. The van der Waals surface area contributed by atoms with Crippen LogP contribution in [0.25, 0.3) is 0 Å². The Hall–Kier alpha value is -0.0800. The van der Waals surface area contributed by atoms with Crippen LogP contribution in [0.2, 0.25) is 0 Å². The van der Waals surface area contributed by atoms with Crippen molar-refractivity contribution in [2.24, 2.45) is 11.3 Å². The second-order valence-electron chi connectivity index (χ2n) is 6.08. The lowest BCUT2D eigenvalue weighted by atomic mass is 9.75. The Labute approximate surface area is 95.4 Å². The number of hydrogen-bond acceptors (Lipinski definition) is 2. The molecule has 1 rings (SSSR count). The number of nitrogens with one attached hydrogen (secondary N) is 1. The van der Waals surface area contributed by atoms with Gasteiger partial charge in [-0.05, 0) is 51.2 Å². The molecule has 1 atom stereocenters. The van der Waals surface area contributed by atoms with Crippen LogP contribution in [0, 0.1) is 11.3 Å². The third-order valence-electron chi connectivity index (χ3n) is 3.88. The fourth-order valence-corrected chi connectivity index (χ4v) is 2.63. The lowest BCUT2D eigenvalue weighted by molar-refractivity contribution is 0.0881. The highest BCUT2D eigenvalue weighted by molar-refractivity contribution is 4.82. The predicted octanol–water partition coefficient (Wildman–Crippen LogP) is 2.35. The van der Waals surface area contributed by atoms with E-state index >= 15 is 0 Å². The average molecular weight is 212 g/mol. The summed E-state index contributed by atoms with van der Waals surface area (Å²) in [6.45, 7) is 13.1. The zero-order chi connectivity index (χ0) is 11.5. The van der Waals surface area contributed by atoms with E-state index in [0.29, 0.717) is 11.5 Å². The van der Waals surface area contributed by atoms with Gasteiger partial charge in [-0.25, -0.2) is 0 Å². The fraction of sp³-hybridized carbons (Fsp3) is 1.00. The van der Waals surface area contributed by atoms with Crippen LogP contribution < -0.4 is 5.32 Å². The zero-order valence-corrected chi connectivity index (χ0v) is 11.1. The highest BCUT2D eigenvalue weighted by Gasteiger charge is 2.29. The van der Waals surface area contributed by atoms with E-state index in [1.807, 2.05) is 7.05 Å². The van der Waals surface area contributed by atoms with E-state index in [0.717, 1.165) is 12.5 Å². The van der Waals surface area contributed by atoms with Gasteiger partial charge >= 0.3 is 0 Å². The highest BCUT2D eigenvalue weighted by Crippen LogP contribution is 2.34. The van der Waals surface area contributed by atoms with Gasteiger partial charge in [0, 0.05) is 12.6 Å². The Bertz CT molecular complexity index is 175. The molecule has 1 saturated heterocycles. The molecular weight excluding hydrogens is 184 g/mol. The van der Waals surface area contributed by atoms with Crippen molar-refractivity contribution in [1.82, 2.24) is 10.2 Å². The molecule has 0 aromatic carbocycles. The van der Waals surface area contributed by atoms with Crippen molar-refractivity contribution in [3.05, 3.63) is 0 Å². The normalized spacial score (nSPS) is 23.0. The van der Waals surface area contributed by atoms with Gasteiger partial charge in [-0.2, -0.15) is 0 Å². The van der Waals surface area contributed by atoms with Gasteiger partial charge in [-0.1, -0.05) is 20.8 Å². The molecule has 1 fully saturated rings. The van der Waals surface area contributed by atoms with Crippen molar-refractivity contribution in [2.75, 3.05) is 26.7 Å². The summed E-state index contributed by atoms with van der Waals surface area (Å²) < 4.78 is 0. The monoisotopic (exact) mass is 212 g/mol. The van der Waals surface area contributed by atoms with E-state index in [-0.39, 0.29) is 0 Å². The fourth-order valence-electron chi connectivity index (χ4n) is 2.63. The molecule has 0 aromatic heterocycles. The molecule has 0 aromatic rings. The highest BCUT2D eigenvalue weighted by atomic mass is 15.2. The molecule has 0 radical (unpaired) electrons. The molecule has 0 aliphatic carbocycles. The summed E-state index contributed by atoms with van der Waals surface area (Å²) in [7, 11) is 2.04. The number of nitrogens with zero attached hydrogens (tertiary/aromatic N) is 1. The van der Waals surface area contributed by atoms with Crippen molar-refractivity contribution in [3.63, 3.8) is 0 Å². The van der Waals surface area contributed by atoms with E-state index in [1.165, 1.54) is 25.9 Å². The minimum Gasteiger partial charge on any atom is -0.318 e. The topological polar surface area (TPSA) is 15.3 Å². The Morgan fingerprint density at radius 2 is 1.80 bits per heavy atom. The molecule has 2 nitrogen and oxygen atoms in total. The Kier molecular flexibility index (Phi) is 4.60. The van der Waals surface area contributed by atoms with Crippen molar-refractivity contribution in [2.45, 2.75) is 46.6 Å². The molecule has 0 bridgehead atoms. The summed E-state index contributed by atoms with van der Waals surface area (Å²) in [4.78, 5) is 2.62. The molecule has 1 heterocycles. The van der Waals surface area contributed by atoms with Crippen LogP contribution in [0.5, 0.6) is 0 Å². The maximum atomic E-state index is 3.26. The van der Waals surface area contributed by atoms with E-state index in [1.54, 1.807) is 0 Å². The van der Waals surface area contributed by atoms with Crippen molar-refractivity contribution in [1.29, 1.82) is 0 Å². The number of hydrogen-bond donors (Lipinski definition) is 1. The van der Waals surface area contributed by atoms with Gasteiger partial charge in [-0.3, -0.25) is 4.90 Å². The predicted molar refractivity (Wildman–Crippen MR) is 67.1 cm³/mol. The lowest BCUT2D eigenvalue weighted by Crippen LogP contribution is -2.45. The van der Waals surface area contributed by atoms with Crippen LogP contribution in [0.15, 0.2) is 0 Å². The maximum Gasteiger partial charge on any atom is 0.0192 e. The van der Waals surface area contributed by atoms with Gasteiger partial charge in [0.25, 0.3) is 0 Å². The molecule has 2 heteroatoms. The molecule has 90 valence electrons. The Morgan fingerprint density at radius 3 is 2.20 bits per heavy atom. The first kappa shape index (κ1) is 13.0. The summed E-state index contributed by atoms with van der Waals surface area (Å²) in [6.07, 6.45) is 2.75. The number of likely N-dealkylation sites (tertiary alicyclic amines) is 1. The average Bonchev–Trinajstić information content (AvgIpc) is 2.17. The summed E-state index contributed by atoms with van der Waals surface area (Å²) in [5.41, 5.74) is 0.498. The van der Waals surface area contributed by atoms with Gasteiger partial charge in [0.1, 0.15) is 0 Å². The Morgan fingerprint density at radius 1 is 1.27 bits per heavy atom. The summed E-state index contributed by atoms with van der Waals surface area (Å²) in [6, 6.07) is 0.691. The van der Waals surface area contributed by atoms with Gasteiger partial charge in [0.15, 0.2) is 0 Å². The molecule has 1 unspecified atom stereocenters. The number of likely N-dealkylation sites (N-methyl/N-ethyl adjacent to an activating group) is 1. The van der Waals surface area contributed by atoms with Crippen LogP contribution in [0.4, 0.5) is 0 Å². The third-order valence-corrected chi connectivity index (χ3v) is 3.88. The molecule has 0 saturated carbocycles. The molecule has 1 aliphatic rings. The first-order chi connectivity index (χ1) is 6.95. The third kappa shape index (κ3) is 3.76. The lowest BCUT2D eigenvalue weighted by Gasteiger charge is -2.41. The molecular formula is C13H28N2. The van der Waals surface area contributed by atoms with E-state index in [4.69, 9.17) is 0 Å². The van der Waals surface area contributed by atoms with E-state index in [9.17, 15) is 0 Å². The van der Waals surface area contributed by atoms with E-state index in [2.05, 4.69) is 37.9 Å². The maximum absolute atomic E-state index is 3.26. The second kappa shape index (κ2) is 5.31. The first-order valence-electron chi connectivity index (χ1n) is 6.33. The van der Waals surface area contributed by atoms with Crippen LogP contribution in [-0.4, -0.2) is 37.6 Å². The van der Waals surface area contributed by atoms with Gasteiger partial charge in [0.2, 0.25) is 0 Å². The van der Waals surface area contributed by atoms with Crippen LogP contribution in [-0.2, 0) is 0 Å². The van der Waals surface area contributed by atoms with Crippen molar-refractivity contribution in [3.8, 4) is 0 Å². The smallest absolute Gasteiger partial charge is 0.0192 e. The van der Waals surface area contributed by atoms with Gasteiger partial charge < -0.3 is 5.32 Å². The van der Waals surface area contributed by atoms with Crippen molar-refractivity contribution < 1.29 is 0 Å². The summed E-state index contributed by atoms with van der Waals surface area (Å²) in [5, 5.41) is 3.26. The molecule has 0 spiro atoms. The quantitative estimate of drug-likeness (QED) is 0.772. The van der Waals surface area contributed by atoms with E-state index < -0.39 is 0 Å². The van der Waals surface area contributed by atoms with Gasteiger partial charge in [-0.15, -0.1) is 0 Å².